The van der Waals surface area contributed by atoms with Crippen LogP contribution in [0.15, 0.2) is 0 Å². The summed E-state index contributed by atoms with van der Waals surface area (Å²) in [4.78, 5) is 65.4. The van der Waals surface area contributed by atoms with Gasteiger partial charge in [-0.3, -0.25) is 19.2 Å². The number of carbonyl (C=O) groups excluding carboxylic acids is 5. The highest BCUT2D eigenvalue weighted by atomic mass is 16.6. The minimum atomic E-state index is -1.11. The molecule has 1 aliphatic heterocycles. The Balaban J connectivity index is 2.33. The molecule has 0 bridgehead atoms. The van der Waals surface area contributed by atoms with Crippen LogP contribution in [0.5, 0.6) is 0 Å². The van der Waals surface area contributed by atoms with E-state index in [0.29, 0.717) is 6.54 Å². The zero-order chi connectivity index (χ0) is 28.0. The van der Waals surface area contributed by atoms with Gasteiger partial charge in [0.1, 0.15) is 17.7 Å². The minimum absolute atomic E-state index is 0.0216. The second-order valence-corrected chi connectivity index (χ2v) is 13.3. The number of Topliss-reactive ketones (excluding diaryl/α,β-unsaturated/α-hetero) is 1. The second kappa shape index (κ2) is 10.0. The highest BCUT2D eigenvalue weighted by Gasteiger charge is 2.69. The molecule has 1 saturated carbocycles. The summed E-state index contributed by atoms with van der Waals surface area (Å²) in [5.41, 5.74) is 3.65. The van der Waals surface area contributed by atoms with Crippen LogP contribution in [0.25, 0.3) is 0 Å². The summed E-state index contributed by atoms with van der Waals surface area (Å²) in [6.45, 7) is 18.9. The molecule has 1 heterocycles. The predicted octanol–water partition coefficient (Wildman–Crippen LogP) is 1.99. The Labute approximate surface area is 214 Å². The van der Waals surface area contributed by atoms with Crippen LogP contribution in [0, 0.1) is 28.6 Å². The van der Waals surface area contributed by atoms with Crippen molar-refractivity contribution in [3.05, 3.63) is 0 Å². The zero-order valence-corrected chi connectivity index (χ0v) is 23.4. The van der Waals surface area contributed by atoms with Crippen molar-refractivity contribution >= 4 is 29.6 Å². The first-order valence-corrected chi connectivity index (χ1v) is 12.6. The topological polar surface area (TPSA) is 148 Å². The third-order valence-corrected chi connectivity index (χ3v) is 7.12. The summed E-state index contributed by atoms with van der Waals surface area (Å²) in [7, 11) is 0. The maximum atomic E-state index is 13.8. The molecule has 2 fully saturated rings. The Kier molecular flexibility index (Phi) is 8.23. The van der Waals surface area contributed by atoms with Crippen LogP contribution in [0.3, 0.4) is 0 Å². The fourth-order valence-electron chi connectivity index (χ4n) is 5.18. The molecule has 2 rings (SSSR count). The number of nitrogens with two attached hydrogens (primary N) is 1. The highest BCUT2D eigenvalue weighted by molar-refractivity contribution is 6.37. The van der Waals surface area contributed by atoms with Gasteiger partial charge in [-0.05, 0) is 55.8 Å². The van der Waals surface area contributed by atoms with Gasteiger partial charge < -0.3 is 26.0 Å². The van der Waals surface area contributed by atoms with Crippen LogP contribution in [0.4, 0.5) is 4.79 Å². The molecule has 0 spiro atoms. The van der Waals surface area contributed by atoms with Gasteiger partial charge in [0.25, 0.3) is 5.91 Å². The lowest BCUT2D eigenvalue weighted by atomic mass is 9.85. The summed E-state index contributed by atoms with van der Waals surface area (Å²) < 4.78 is 5.37. The van der Waals surface area contributed by atoms with Gasteiger partial charge >= 0.3 is 6.09 Å². The van der Waals surface area contributed by atoms with Crippen LogP contribution in [0.1, 0.15) is 75.7 Å². The largest absolute Gasteiger partial charge is 0.444 e. The number of alkyl carbamates (subject to hydrolysis) is 1. The maximum absolute atomic E-state index is 13.8. The number of hydrogen-bond acceptors (Lipinski definition) is 6. The van der Waals surface area contributed by atoms with E-state index in [2.05, 4.69) is 10.6 Å². The van der Waals surface area contributed by atoms with Crippen LogP contribution in [0.2, 0.25) is 0 Å². The number of ether oxygens (including phenoxy) is 1. The van der Waals surface area contributed by atoms with E-state index in [1.165, 1.54) is 4.90 Å². The molecule has 5 atom stereocenters. The van der Waals surface area contributed by atoms with E-state index in [-0.39, 0.29) is 29.6 Å². The Morgan fingerprint density at radius 2 is 1.58 bits per heavy atom. The number of fused-ring (bicyclic) bond motifs is 1. The van der Waals surface area contributed by atoms with Gasteiger partial charge in [0.15, 0.2) is 0 Å². The van der Waals surface area contributed by atoms with Crippen molar-refractivity contribution in [2.45, 2.75) is 99.4 Å². The van der Waals surface area contributed by atoms with Crippen molar-refractivity contribution in [1.29, 1.82) is 0 Å². The van der Waals surface area contributed by atoms with Crippen molar-refractivity contribution < 1.29 is 28.7 Å². The van der Waals surface area contributed by atoms with E-state index in [1.54, 1.807) is 20.8 Å². The van der Waals surface area contributed by atoms with E-state index >= 15 is 0 Å². The van der Waals surface area contributed by atoms with Crippen LogP contribution in [-0.4, -0.2) is 64.8 Å². The average Bonchev–Trinajstić information content (AvgIpc) is 3.03. The first kappa shape index (κ1) is 29.6. The number of ketones is 1. The fraction of sp³-hybridized carbons (Fsp3) is 0.808. The third kappa shape index (κ3) is 6.56. The SMILES string of the molecule is CC(C)CC(NC(=O)[C@@H]1C2C(CN1C(=O)[C@@H](NC(=O)OC(C)(C)C)C(C)(C)C)C2(C)C)C(=O)C(N)=O. The normalized spacial score (nSPS) is 24.4. The number of piperidine rings is 1. The Morgan fingerprint density at radius 1 is 1.03 bits per heavy atom. The van der Waals surface area contributed by atoms with Crippen LogP contribution in [-0.2, 0) is 23.9 Å². The average molecular weight is 509 g/mol. The monoisotopic (exact) mass is 508 g/mol. The number of carbonyl (C=O) groups is 5. The number of rotatable bonds is 8. The number of primary amides is 1. The molecule has 0 aromatic rings. The van der Waals surface area contributed by atoms with E-state index < -0.39 is 58.7 Å². The molecule has 3 unspecified atom stereocenters. The summed E-state index contributed by atoms with van der Waals surface area (Å²) in [6.07, 6.45) is -0.471. The summed E-state index contributed by atoms with van der Waals surface area (Å²) in [5, 5.41) is 5.41. The molecule has 204 valence electrons. The van der Waals surface area contributed by atoms with Gasteiger partial charge in [0.2, 0.25) is 17.6 Å². The quantitative estimate of drug-likeness (QED) is 0.427. The fourth-order valence-corrected chi connectivity index (χ4v) is 5.18. The van der Waals surface area contributed by atoms with Crippen LogP contribution < -0.4 is 16.4 Å². The molecule has 0 radical (unpaired) electrons. The number of hydrogen-bond donors (Lipinski definition) is 3. The summed E-state index contributed by atoms with van der Waals surface area (Å²) in [6, 6.07) is -2.84. The van der Waals surface area contributed by atoms with Gasteiger partial charge in [-0.1, -0.05) is 48.5 Å². The smallest absolute Gasteiger partial charge is 0.408 e. The standard InChI is InChI=1S/C26H44N4O6/c1-13(2)11-15(18(31)20(27)32)28-21(33)17-16-14(26(16,9)10)12-30(17)22(34)19(24(3,4)5)29-23(35)36-25(6,7)8/h13-17,19H,11-12H2,1-10H3,(H2,27,32)(H,28,33)(H,29,35)/t14?,15?,16?,17-,19+/m0/s1. The molecule has 1 saturated heterocycles. The van der Waals surface area contributed by atoms with Gasteiger partial charge in [0.05, 0.1) is 6.04 Å². The Hall–Kier alpha value is -2.65. The van der Waals surface area contributed by atoms with Gasteiger partial charge in [-0.15, -0.1) is 0 Å². The van der Waals surface area contributed by atoms with E-state index in [9.17, 15) is 24.0 Å². The van der Waals surface area contributed by atoms with Crippen molar-refractivity contribution in [1.82, 2.24) is 15.5 Å². The van der Waals surface area contributed by atoms with Gasteiger partial charge in [-0.2, -0.15) is 0 Å². The van der Waals surface area contributed by atoms with Crippen molar-refractivity contribution in [2.24, 2.45) is 34.3 Å². The van der Waals surface area contributed by atoms with E-state index in [1.807, 2.05) is 48.5 Å². The second-order valence-electron chi connectivity index (χ2n) is 13.3. The highest BCUT2D eigenvalue weighted by Crippen LogP contribution is 2.65. The molecule has 36 heavy (non-hydrogen) atoms. The molecule has 4 N–H and O–H groups in total. The molecule has 10 nitrogen and oxygen atoms in total. The van der Waals surface area contributed by atoms with Crippen molar-refractivity contribution in [3.63, 3.8) is 0 Å². The maximum Gasteiger partial charge on any atom is 0.408 e. The zero-order valence-electron chi connectivity index (χ0n) is 23.4. The number of amides is 4. The molecule has 1 aliphatic carbocycles. The summed E-state index contributed by atoms with van der Waals surface area (Å²) in [5.74, 6) is -2.84. The lowest BCUT2D eigenvalue weighted by molar-refractivity contribution is -0.145. The molecular weight excluding hydrogens is 464 g/mol. The lowest BCUT2D eigenvalue weighted by Crippen LogP contribution is -2.60. The number of likely N-dealkylation sites (tertiary alicyclic amines) is 1. The molecule has 0 aromatic heterocycles. The Bertz CT molecular complexity index is 914. The van der Waals surface area contributed by atoms with Gasteiger partial charge in [0, 0.05) is 6.54 Å². The van der Waals surface area contributed by atoms with E-state index in [4.69, 9.17) is 10.5 Å². The molecule has 10 heteroatoms. The third-order valence-electron chi connectivity index (χ3n) is 7.12. The number of nitrogens with zero attached hydrogens (tertiary/aromatic N) is 1. The van der Waals surface area contributed by atoms with Crippen molar-refractivity contribution in [3.8, 4) is 0 Å². The van der Waals surface area contributed by atoms with E-state index in [0.717, 1.165) is 0 Å². The predicted molar refractivity (Wildman–Crippen MR) is 134 cm³/mol. The van der Waals surface area contributed by atoms with Gasteiger partial charge in [-0.25, -0.2) is 4.79 Å². The molecule has 0 aromatic carbocycles. The van der Waals surface area contributed by atoms with Crippen molar-refractivity contribution in [2.75, 3.05) is 6.54 Å². The minimum Gasteiger partial charge on any atom is -0.444 e. The van der Waals surface area contributed by atoms with Crippen LogP contribution >= 0.6 is 0 Å². The Morgan fingerprint density at radius 3 is 2.03 bits per heavy atom. The first-order valence-electron chi connectivity index (χ1n) is 12.6. The first-order chi connectivity index (χ1) is 16.2. The summed E-state index contributed by atoms with van der Waals surface area (Å²) >= 11 is 0. The molecule has 4 amide bonds. The number of nitrogens with one attached hydrogen (secondary N) is 2. The lowest BCUT2D eigenvalue weighted by Gasteiger charge is -2.38. The molecule has 2 aliphatic rings. The molecular formula is C26H44N4O6.